The first-order valence-corrected chi connectivity index (χ1v) is 7.09. The highest BCUT2D eigenvalue weighted by Gasteiger charge is 2.43. The topological polar surface area (TPSA) is 57.0 Å². The van der Waals surface area contributed by atoms with Gasteiger partial charge in [0.15, 0.2) is 0 Å². The van der Waals surface area contributed by atoms with Gasteiger partial charge in [0.05, 0.1) is 24.9 Å². The SMILES string of the molecule is NCC1CN(C2CCOC3(CCOC3)C2)CCO1. The molecule has 3 atom stereocenters. The summed E-state index contributed by atoms with van der Waals surface area (Å²) in [4.78, 5) is 2.55. The Labute approximate surface area is 109 Å². The van der Waals surface area contributed by atoms with E-state index in [0.717, 1.165) is 58.8 Å². The lowest BCUT2D eigenvalue weighted by Crippen LogP contribution is -2.55. The van der Waals surface area contributed by atoms with Crippen LogP contribution < -0.4 is 5.73 Å². The molecule has 5 heteroatoms. The van der Waals surface area contributed by atoms with Crippen molar-refractivity contribution in [3.63, 3.8) is 0 Å². The maximum Gasteiger partial charge on any atom is 0.0951 e. The van der Waals surface area contributed by atoms with Gasteiger partial charge in [-0.2, -0.15) is 0 Å². The minimum atomic E-state index is -0.000563. The summed E-state index contributed by atoms with van der Waals surface area (Å²) in [7, 11) is 0. The second-order valence-corrected chi connectivity index (χ2v) is 5.70. The molecule has 0 radical (unpaired) electrons. The lowest BCUT2D eigenvalue weighted by molar-refractivity contribution is -0.123. The molecular weight excluding hydrogens is 232 g/mol. The average Bonchev–Trinajstić information content (AvgIpc) is 2.87. The Bertz CT molecular complexity index is 281. The second kappa shape index (κ2) is 5.43. The van der Waals surface area contributed by atoms with Gasteiger partial charge in [0.2, 0.25) is 0 Å². The Hall–Kier alpha value is -0.200. The molecule has 1 spiro atoms. The van der Waals surface area contributed by atoms with Gasteiger partial charge in [-0.25, -0.2) is 0 Å². The van der Waals surface area contributed by atoms with E-state index in [1.54, 1.807) is 0 Å². The van der Waals surface area contributed by atoms with Crippen LogP contribution in [0, 0.1) is 0 Å². The molecule has 3 unspecified atom stereocenters. The standard InChI is InChI=1S/C13H24N2O3/c14-8-12-9-15(3-6-17-12)11-1-4-18-13(7-11)2-5-16-10-13/h11-12H,1-10,14H2. The van der Waals surface area contributed by atoms with Crippen LogP contribution in [0.4, 0.5) is 0 Å². The summed E-state index contributed by atoms with van der Waals surface area (Å²) in [5, 5.41) is 0. The van der Waals surface area contributed by atoms with E-state index in [-0.39, 0.29) is 11.7 Å². The molecule has 104 valence electrons. The van der Waals surface area contributed by atoms with Crippen molar-refractivity contribution in [1.82, 2.24) is 4.90 Å². The zero-order valence-electron chi connectivity index (χ0n) is 11.0. The van der Waals surface area contributed by atoms with Crippen LogP contribution in [0.1, 0.15) is 19.3 Å². The number of morpholine rings is 1. The molecule has 0 bridgehead atoms. The van der Waals surface area contributed by atoms with E-state index in [4.69, 9.17) is 19.9 Å². The lowest BCUT2D eigenvalue weighted by atomic mass is 9.88. The molecule has 0 aromatic heterocycles. The first kappa shape index (κ1) is 12.8. The Morgan fingerprint density at radius 2 is 2.22 bits per heavy atom. The Morgan fingerprint density at radius 1 is 1.28 bits per heavy atom. The Balaban J connectivity index is 1.61. The fraction of sp³-hybridized carbons (Fsp3) is 1.00. The number of nitrogens with two attached hydrogens (primary N) is 1. The van der Waals surface area contributed by atoms with Crippen LogP contribution >= 0.6 is 0 Å². The molecule has 3 fully saturated rings. The van der Waals surface area contributed by atoms with Crippen LogP contribution in [-0.2, 0) is 14.2 Å². The van der Waals surface area contributed by atoms with Crippen molar-refractivity contribution < 1.29 is 14.2 Å². The molecular formula is C13H24N2O3. The Kier molecular flexibility index (Phi) is 3.86. The highest BCUT2D eigenvalue weighted by Crippen LogP contribution is 2.35. The molecule has 3 saturated heterocycles. The van der Waals surface area contributed by atoms with Crippen LogP contribution in [0.25, 0.3) is 0 Å². The minimum Gasteiger partial charge on any atom is -0.378 e. The molecule has 18 heavy (non-hydrogen) atoms. The zero-order chi connectivity index (χ0) is 12.4. The van der Waals surface area contributed by atoms with Gasteiger partial charge in [0.25, 0.3) is 0 Å². The van der Waals surface area contributed by atoms with Crippen molar-refractivity contribution in [2.24, 2.45) is 5.73 Å². The van der Waals surface area contributed by atoms with Crippen LogP contribution in [0.15, 0.2) is 0 Å². The predicted octanol–water partition coefficient (Wildman–Crippen LogP) is -0.0160. The van der Waals surface area contributed by atoms with E-state index in [1.165, 1.54) is 0 Å². The van der Waals surface area contributed by atoms with Crippen LogP contribution in [0.3, 0.4) is 0 Å². The van der Waals surface area contributed by atoms with Gasteiger partial charge in [-0.3, -0.25) is 4.90 Å². The third kappa shape index (κ3) is 2.56. The van der Waals surface area contributed by atoms with Gasteiger partial charge < -0.3 is 19.9 Å². The maximum absolute atomic E-state index is 5.99. The van der Waals surface area contributed by atoms with Crippen LogP contribution in [0.2, 0.25) is 0 Å². The molecule has 0 aliphatic carbocycles. The fourth-order valence-electron chi connectivity index (χ4n) is 3.39. The van der Waals surface area contributed by atoms with Crippen molar-refractivity contribution >= 4 is 0 Å². The zero-order valence-corrected chi connectivity index (χ0v) is 11.0. The van der Waals surface area contributed by atoms with Gasteiger partial charge in [0, 0.05) is 45.3 Å². The van der Waals surface area contributed by atoms with Crippen molar-refractivity contribution in [3.05, 3.63) is 0 Å². The molecule has 3 aliphatic heterocycles. The van der Waals surface area contributed by atoms with E-state index in [2.05, 4.69) is 4.90 Å². The first-order valence-electron chi connectivity index (χ1n) is 7.09. The van der Waals surface area contributed by atoms with Crippen molar-refractivity contribution in [3.8, 4) is 0 Å². The number of rotatable bonds is 2. The normalized spacial score (nSPS) is 42.5. The third-order valence-electron chi connectivity index (χ3n) is 4.48. The summed E-state index contributed by atoms with van der Waals surface area (Å²) < 4.78 is 17.2. The molecule has 5 nitrogen and oxygen atoms in total. The predicted molar refractivity (Wildman–Crippen MR) is 67.5 cm³/mol. The smallest absolute Gasteiger partial charge is 0.0951 e. The minimum absolute atomic E-state index is 0.000563. The summed E-state index contributed by atoms with van der Waals surface area (Å²) in [5.74, 6) is 0. The number of hydrogen-bond donors (Lipinski definition) is 1. The lowest BCUT2D eigenvalue weighted by Gasteiger charge is -2.44. The van der Waals surface area contributed by atoms with Crippen LogP contribution in [-0.4, -0.2) is 68.7 Å². The molecule has 3 heterocycles. The van der Waals surface area contributed by atoms with Crippen molar-refractivity contribution in [1.29, 1.82) is 0 Å². The van der Waals surface area contributed by atoms with E-state index in [1.807, 2.05) is 0 Å². The summed E-state index contributed by atoms with van der Waals surface area (Å²) in [5.41, 5.74) is 5.71. The third-order valence-corrected chi connectivity index (χ3v) is 4.48. The molecule has 0 aromatic carbocycles. The molecule has 0 amide bonds. The quantitative estimate of drug-likeness (QED) is 0.753. The monoisotopic (exact) mass is 256 g/mol. The van der Waals surface area contributed by atoms with Gasteiger partial charge in [-0.05, 0) is 12.8 Å². The molecule has 0 saturated carbocycles. The average molecular weight is 256 g/mol. The van der Waals surface area contributed by atoms with Crippen molar-refractivity contribution in [2.45, 2.75) is 37.0 Å². The summed E-state index contributed by atoms with van der Waals surface area (Å²) in [6, 6.07) is 0.610. The van der Waals surface area contributed by atoms with E-state index < -0.39 is 0 Å². The van der Waals surface area contributed by atoms with Gasteiger partial charge in [-0.15, -0.1) is 0 Å². The highest BCUT2D eigenvalue weighted by atomic mass is 16.6. The summed E-state index contributed by atoms with van der Waals surface area (Å²) in [6.07, 6.45) is 3.48. The maximum atomic E-state index is 5.99. The van der Waals surface area contributed by atoms with Crippen molar-refractivity contribution in [2.75, 3.05) is 46.1 Å². The Morgan fingerprint density at radius 3 is 3.00 bits per heavy atom. The number of ether oxygens (including phenoxy) is 3. The van der Waals surface area contributed by atoms with E-state index >= 15 is 0 Å². The summed E-state index contributed by atoms with van der Waals surface area (Å²) in [6.45, 7) is 5.90. The number of nitrogens with zero attached hydrogens (tertiary/aromatic N) is 1. The number of hydrogen-bond acceptors (Lipinski definition) is 5. The van der Waals surface area contributed by atoms with Gasteiger partial charge >= 0.3 is 0 Å². The van der Waals surface area contributed by atoms with Gasteiger partial charge in [-0.1, -0.05) is 0 Å². The van der Waals surface area contributed by atoms with E-state index in [9.17, 15) is 0 Å². The second-order valence-electron chi connectivity index (χ2n) is 5.70. The fourth-order valence-corrected chi connectivity index (χ4v) is 3.39. The molecule has 2 N–H and O–H groups in total. The largest absolute Gasteiger partial charge is 0.378 e. The molecule has 3 rings (SSSR count). The first-order chi connectivity index (χ1) is 8.81. The molecule has 0 aromatic rings. The molecule has 3 aliphatic rings. The van der Waals surface area contributed by atoms with E-state index in [0.29, 0.717) is 12.6 Å². The van der Waals surface area contributed by atoms with Crippen LogP contribution in [0.5, 0.6) is 0 Å². The summed E-state index contributed by atoms with van der Waals surface area (Å²) >= 11 is 0. The highest BCUT2D eigenvalue weighted by molar-refractivity contribution is 4.94. The van der Waals surface area contributed by atoms with Gasteiger partial charge in [0.1, 0.15) is 0 Å².